The number of hydrogen-bond acceptors (Lipinski definition) is 1. The van der Waals surface area contributed by atoms with Crippen molar-refractivity contribution in [2.24, 2.45) is 11.3 Å². The van der Waals surface area contributed by atoms with Gasteiger partial charge >= 0.3 is 0 Å². The maximum atomic E-state index is 3.69. The molecule has 2 fully saturated rings. The third-order valence-electron chi connectivity index (χ3n) is 4.68. The molecule has 0 unspecified atom stereocenters. The van der Waals surface area contributed by atoms with Crippen molar-refractivity contribution >= 4 is 15.9 Å². The lowest BCUT2D eigenvalue weighted by Crippen LogP contribution is -2.58. The summed E-state index contributed by atoms with van der Waals surface area (Å²) in [5.74, 6) is 0.954. The summed E-state index contributed by atoms with van der Waals surface area (Å²) >= 11 is 3.69. The second-order valence-corrected chi connectivity index (χ2v) is 6.57. The van der Waals surface area contributed by atoms with Gasteiger partial charge in [0, 0.05) is 23.0 Å². The maximum absolute atomic E-state index is 3.69. The molecule has 2 heteroatoms. The van der Waals surface area contributed by atoms with Gasteiger partial charge in [0.15, 0.2) is 0 Å². The SMILES string of the molecule is Brc1ccccc1CC1(C2CCCC2)CNC1. The zero-order valence-electron chi connectivity index (χ0n) is 10.2. The Balaban J connectivity index is 1.80. The van der Waals surface area contributed by atoms with E-state index in [1.54, 1.807) is 0 Å². The molecular formula is C15H20BrN. The highest BCUT2D eigenvalue weighted by Gasteiger charge is 2.44. The van der Waals surface area contributed by atoms with Crippen LogP contribution in [0.25, 0.3) is 0 Å². The van der Waals surface area contributed by atoms with Crippen molar-refractivity contribution in [1.82, 2.24) is 5.32 Å². The van der Waals surface area contributed by atoms with E-state index in [0.29, 0.717) is 5.41 Å². The fourth-order valence-electron chi connectivity index (χ4n) is 3.56. The molecule has 0 aromatic heterocycles. The number of hydrogen-bond donors (Lipinski definition) is 1. The van der Waals surface area contributed by atoms with E-state index in [2.05, 4.69) is 45.5 Å². The monoisotopic (exact) mass is 293 g/mol. The third kappa shape index (κ3) is 2.17. The van der Waals surface area contributed by atoms with Gasteiger partial charge in [0.2, 0.25) is 0 Å². The topological polar surface area (TPSA) is 12.0 Å². The fourth-order valence-corrected chi connectivity index (χ4v) is 3.99. The molecule has 0 atom stereocenters. The van der Waals surface area contributed by atoms with Crippen LogP contribution in [0.15, 0.2) is 28.7 Å². The molecule has 92 valence electrons. The molecular weight excluding hydrogens is 274 g/mol. The van der Waals surface area contributed by atoms with Crippen LogP contribution in [0.4, 0.5) is 0 Å². The van der Waals surface area contributed by atoms with Crippen molar-refractivity contribution in [2.75, 3.05) is 13.1 Å². The molecule has 2 aliphatic rings. The van der Waals surface area contributed by atoms with Gasteiger partial charge in [-0.2, -0.15) is 0 Å². The summed E-state index contributed by atoms with van der Waals surface area (Å²) in [4.78, 5) is 0. The van der Waals surface area contributed by atoms with Crippen LogP contribution in [-0.4, -0.2) is 13.1 Å². The molecule has 3 rings (SSSR count). The molecule has 0 spiro atoms. The number of nitrogens with one attached hydrogen (secondary N) is 1. The lowest BCUT2D eigenvalue weighted by molar-refractivity contribution is 0.0810. The highest BCUT2D eigenvalue weighted by molar-refractivity contribution is 9.10. The average Bonchev–Trinajstić information content (AvgIpc) is 2.79. The number of benzene rings is 1. The average molecular weight is 294 g/mol. The van der Waals surface area contributed by atoms with Crippen molar-refractivity contribution in [1.29, 1.82) is 0 Å². The summed E-state index contributed by atoms with van der Waals surface area (Å²) in [7, 11) is 0. The van der Waals surface area contributed by atoms with E-state index in [1.807, 2.05) is 0 Å². The Kier molecular flexibility index (Phi) is 3.27. The smallest absolute Gasteiger partial charge is 0.0207 e. The van der Waals surface area contributed by atoms with Crippen molar-refractivity contribution in [2.45, 2.75) is 32.1 Å². The van der Waals surface area contributed by atoms with Crippen LogP contribution < -0.4 is 5.32 Å². The van der Waals surface area contributed by atoms with Crippen molar-refractivity contribution in [3.8, 4) is 0 Å². The van der Waals surface area contributed by atoms with Gasteiger partial charge in [-0.15, -0.1) is 0 Å². The summed E-state index contributed by atoms with van der Waals surface area (Å²) in [6, 6.07) is 8.71. The highest BCUT2D eigenvalue weighted by atomic mass is 79.9. The van der Waals surface area contributed by atoms with Crippen LogP contribution in [0.3, 0.4) is 0 Å². The molecule has 1 heterocycles. The predicted molar refractivity (Wildman–Crippen MR) is 75.1 cm³/mol. The second kappa shape index (κ2) is 4.74. The van der Waals surface area contributed by atoms with Crippen LogP contribution in [0.2, 0.25) is 0 Å². The van der Waals surface area contributed by atoms with E-state index in [1.165, 1.54) is 55.2 Å². The largest absolute Gasteiger partial charge is 0.315 e. The Labute approximate surface area is 112 Å². The first kappa shape index (κ1) is 11.7. The zero-order valence-corrected chi connectivity index (χ0v) is 11.8. The first-order valence-electron chi connectivity index (χ1n) is 6.74. The number of rotatable bonds is 3. The first-order valence-corrected chi connectivity index (χ1v) is 7.54. The molecule has 1 aliphatic carbocycles. The summed E-state index contributed by atoms with van der Waals surface area (Å²) in [5, 5.41) is 3.50. The minimum atomic E-state index is 0.556. The van der Waals surface area contributed by atoms with Gasteiger partial charge in [-0.1, -0.05) is 47.0 Å². The Hall–Kier alpha value is -0.340. The van der Waals surface area contributed by atoms with Gasteiger partial charge in [0.25, 0.3) is 0 Å². The Morgan fingerprint density at radius 2 is 1.88 bits per heavy atom. The first-order chi connectivity index (χ1) is 8.30. The van der Waals surface area contributed by atoms with E-state index in [-0.39, 0.29) is 0 Å². The minimum absolute atomic E-state index is 0.556. The van der Waals surface area contributed by atoms with Crippen LogP contribution >= 0.6 is 15.9 Å². The van der Waals surface area contributed by atoms with Crippen LogP contribution in [0.5, 0.6) is 0 Å². The highest BCUT2D eigenvalue weighted by Crippen LogP contribution is 2.45. The predicted octanol–water partition coefficient (Wildman–Crippen LogP) is 3.77. The maximum Gasteiger partial charge on any atom is 0.0207 e. The van der Waals surface area contributed by atoms with Gasteiger partial charge in [0.05, 0.1) is 0 Å². The Morgan fingerprint density at radius 3 is 2.47 bits per heavy atom. The molecule has 1 N–H and O–H groups in total. The summed E-state index contributed by atoms with van der Waals surface area (Å²) in [6.45, 7) is 2.44. The van der Waals surface area contributed by atoms with Gasteiger partial charge in [0.1, 0.15) is 0 Å². The minimum Gasteiger partial charge on any atom is -0.315 e. The second-order valence-electron chi connectivity index (χ2n) is 5.72. The zero-order chi connectivity index (χ0) is 11.7. The van der Waals surface area contributed by atoms with Crippen LogP contribution in [0.1, 0.15) is 31.2 Å². The van der Waals surface area contributed by atoms with E-state index in [4.69, 9.17) is 0 Å². The summed E-state index contributed by atoms with van der Waals surface area (Å²) < 4.78 is 1.28. The molecule has 1 saturated carbocycles. The molecule has 17 heavy (non-hydrogen) atoms. The fraction of sp³-hybridized carbons (Fsp3) is 0.600. The summed E-state index contributed by atoms with van der Waals surface area (Å²) in [5.41, 5.74) is 2.04. The molecule has 1 aliphatic heterocycles. The Morgan fingerprint density at radius 1 is 1.18 bits per heavy atom. The van der Waals surface area contributed by atoms with Gasteiger partial charge in [-0.3, -0.25) is 0 Å². The van der Waals surface area contributed by atoms with Crippen molar-refractivity contribution in [3.63, 3.8) is 0 Å². The van der Waals surface area contributed by atoms with Crippen molar-refractivity contribution in [3.05, 3.63) is 34.3 Å². The summed E-state index contributed by atoms with van der Waals surface area (Å²) in [6.07, 6.45) is 7.04. The van der Waals surface area contributed by atoms with E-state index < -0.39 is 0 Å². The lowest BCUT2D eigenvalue weighted by atomic mass is 9.66. The quantitative estimate of drug-likeness (QED) is 0.894. The third-order valence-corrected chi connectivity index (χ3v) is 5.45. The molecule has 1 aromatic carbocycles. The van der Waals surface area contributed by atoms with Gasteiger partial charge < -0.3 is 5.32 Å². The standard InChI is InChI=1S/C15H20BrN/c16-14-8-4-1-5-12(14)9-15(10-17-11-15)13-6-2-3-7-13/h1,4-5,8,13,17H,2-3,6-7,9-11H2. The van der Waals surface area contributed by atoms with E-state index in [0.717, 1.165) is 5.92 Å². The molecule has 0 radical (unpaired) electrons. The normalized spacial score (nSPS) is 23.6. The Bertz CT molecular complexity index is 392. The molecule has 0 amide bonds. The van der Waals surface area contributed by atoms with Crippen LogP contribution in [-0.2, 0) is 6.42 Å². The van der Waals surface area contributed by atoms with Gasteiger partial charge in [-0.05, 0) is 36.8 Å². The van der Waals surface area contributed by atoms with E-state index >= 15 is 0 Å². The molecule has 1 aromatic rings. The molecule has 0 bridgehead atoms. The van der Waals surface area contributed by atoms with E-state index in [9.17, 15) is 0 Å². The molecule has 1 saturated heterocycles. The lowest BCUT2D eigenvalue weighted by Gasteiger charge is -2.48. The van der Waals surface area contributed by atoms with Gasteiger partial charge in [-0.25, -0.2) is 0 Å². The van der Waals surface area contributed by atoms with Crippen LogP contribution in [0, 0.1) is 11.3 Å². The molecule has 1 nitrogen and oxygen atoms in total. The number of halogens is 1. The van der Waals surface area contributed by atoms with Crippen molar-refractivity contribution < 1.29 is 0 Å².